The molecule has 2 aromatic rings. The largest absolute Gasteiger partial charge is 0.491 e. The summed E-state index contributed by atoms with van der Waals surface area (Å²) in [5, 5.41) is 13.4. The van der Waals surface area contributed by atoms with Gasteiger partial charge in [-0.3, -0.25) is 0 Å². The van der Waals surface area contributed by atoms with Gasteiger partial charge in [0.1, 0.15) is 18.5 Å². The second kappa shape index (κ2) is 8.02. The molecular weight excluding hydrogens is 286 g/mol. The number of nitrogens with one attached hydrogen (secondary N) is 1. The van der Waals surface area contributed by atoms with Crippen LogP contribution in [-0.2, 0) is 0 Å². The maximum atomic E-state index is 10.1. The summed E-state index contributed by atoms with van der Waals surface area (Å²) in [6.45, 7) is 9.14. The van der Waals surface area contributed by atoms with Crippen LogP contribution < -0.4 is 10.1 Å². The summed E-state index contributed by atoms with van der Waals surface area (Å²) in [4.78, 5) is 0. The third-order valence-corrected chi connectivity index (χ3v) is 3.82. The summed E-state index contributed by atoms with van der Waals surface area (Å²) in [6, 6.07) is 14.4. The molecule has 0 aromatic heterocycles. The maximum absolute atomic E-state index is 10.1. The molecule has 3 heteroatoms. The molecule has 0 aliphatic carbocycles. The van der Waals surface area contributed by atoms with E-state index < -0.39 is 6.10 Å². The molecule has 0 spiro atoms. The van der Waals surface area contributed by atoms with Crippen LogP contribution in [0.3, 0.4) is 0 Å². The Kier molecular flexibility index (Phi) is 6.05. The van der Waals surface area contributed by atoms with Crippen LogP contribution >= 0.6 is 0 Å². The minimum absolute atomic E-state index is 0.280. The Hall–Kier alpha value is -2.00. The first-order valence-corrected chi connectivity index (χ1v) is 8.17. The van der Waals surface area contributed by atoms with Crippen molar-refractivity contribution in [3.8, 4) is 5.75 Å². The van der Waals surface area contributed by atoms with E-state index in [2.05, 4.69) is 38.2 Å². The molecule has 0 amide bonds. The van der Waals surface area contributed by atoms with Crippen molar-refractivity contribution < 1.29 is 9.84 Å². The summed E-state index contributed by atoms with van der Waals surface area (Å²) in [5.41, 5.74) is 4.57. The fraction of sp³-hybridized carbons (Fsp3) is 0.400. The Bertz CT molecular complexity index is 620. The number of benzene rings is 2. The lowest BCUT2D eigenvalue weighted by Crippen LogP contribution is -2.26. The van der Waals surface area contributed by atoms with Crippen molar-refractivity contribution >= 4 is 5.69 Å². The molecule has 124 valence electrons. The van der Waals surface area contributed by atoms with E-state index in [0.29, 0.717) is 12.5 Å². The summed E-state index contributed by atoms with van der Waals surface area (Å²) < 4.78 is 5.86. The first-order chi connectivity index (χ1) is 11.0. The minimum atomic E-state index is -0.558. The SMILES string of the molecule is Cc1ccc(NC[C@@H](O)COc2cc(C)ccc2C(C)C)cc1. The fourth-order valence-electron chi connectivity index (χ4n) is 2.40. The maximum Gasteiger partial charge on any atom is 0.123 e. The molecule has 0 radical (unpaired) electrons. The first-order valence-electron chi connectivity index (χ1n) is 8.17. The molecule has 0 saturated carbocycles. The van der Waals surface area contributed by atoms with Crippen molar-refractivity contribution in [3.05, 3.63) is 59.2 Å². The quantitative estimate of drug-likeness (QED) is 0.801. The third-order valence-electron chi connectivity index (χ3n) is 3.82. The number of anilines is 1. The second-order valence-corrected chi connectivity index (χ2v) is 6.41. The van der Waals surface area contributed by atoms with Crippen LogP contribution in [0.2, 0.25) is 0 Å². The van der Waals surface area contributed by atoms with Gasteiger partial charge in [0.15, 0.2) is 0 Å². The molecule has 0 heterocycles. The molecule has 23 heavy (non-hydrogen) atoms. The van der Waals surface area contributed by atoms with Gasteiger partial charge in [0.05, 0.1) is 0 Å². The first kappa shape index (κ1) is 17.4. The van der Waals surface area contributed by atoms with Crippen LogP contribution in [0, 0.1) is 13.8 Å². The average molecular weight is 313 g/mol. The van der Waals surface area contributed by atoms with E-state index in [1.807, 2.05) is 37.3 Å². The summed E-state index contributed by atoms with van der Waals surface area (Å²) in [7, 11) is 0. The van der Waals surface area contributed by atoms with Gasteiger partial charge < -0.3 is 15.2 Å². The number of hydrogen-bond acceptors (Lipinski definition) is 3. The van der Waals surface area contributed by atoms with Gasteiger partial charge in [-0.1, -0.05) is 43.7 Å². The molecule has 0 aliphatic heterocycles. The van der Waals surface area contributed by atoms with E-state index in [4.69, 9.17) is 4.74 Å². The fourth-order valence-corrected chi connectivity index (χ4v) is 2.40. The lowest BCUT2D eigenvalue weighted by atomic mass is 10.0. The van der Waals surface area contributed by atoms with Gasteiger partial charge in [-0.15, -0.1) is 0 Å². The van der Waals surface area contributed by atoms with Crippen molar-refractivity contribution in [2.45, 2.75) is 39.7 Å². The van der Waals surface area contributed by atoms with Gasteiger partial charge in [-0.05, 0) is 49.1 Å². The van der Waals surface area contributed by atoms with Gasteiger partial charge in [0, 0.05) is 12.2 Å². The Labute approximate surface area is 139 Å². The van der Waals surface area contributed by atoms with Gasteiger partial charge in [-0.2, -0.15) is 0 Å². The molecule has 0 unspecified atom stereocenters. The number of aryl methyl sites for hydroxylation is 2. The number of ether oxygens (including phenoxy) is 1. The number of rotatable bonds is 7. The van der Waals surface area contributed by atoms with E-state index in [1.165, 1.54) is 11.1 Å². The molecular formula is C20H27NO2. The van der Waals surface area contributed by atoms with Crippen LogP contribution in [0.25, 0.3) is 0 Å². The summed E-state index contributed by atoms with van der Waals surface area (Å²) in [6.07, 6.45) is -0.558. The van der Waals surface area contributed by atoms with Crippen molar-refractivity contribution in [1.82, 2.24) is 0 Å². The van der Waals surface area contributed by atoms with Crippen molar-refractivity contribution in [3.63, 3.8) is 0 Å². The second-order valence-electron chi connectivity index (χ2n) is 6.41. The Morgan fingerprint density at radius 2 is 1.65 bits per heavy atom. The van der Waals surface area contributed by atoms with E-state index in [0.717, 1.165) is 17.0 Å². The van der Waals surface area contributed by atoms with Gasteiger partial charge >= 0.3 is 0 Å². The predicted octanol–water partition coefficient (Wildman–Crippen LogP) is 4.28. The molecule has 0 saturated heterocycles. The van der Waals surface area contributed by atoms with Crippen molar-refractivity contribution in [2.75, 3.05) is 18.5 Å². The zero-order valence-corrected chi connectivity index (χ0v) is 14.5. The van der Waals surface area contributed by atoms with Crippen LogP contribution in [-0.4, -0.2) is 24.4 Å². The average Bonchev–Trinajstić information content (AvgIpc) is 2.52. The highest BCUT2D eigenvalue weighted by molar-refractivity contribution is 5.44. The van der Waals surface area contributed by atoms with Crippen LogP contribution in [0.5, 0.6) is 5.75 Å². The zero-order valence-electron chi connectivity index (χ0n) is 14.5. The van der Waals surface area contributed by atoms with E-state index in [1.54, 1.807) is 0 Å². The number of aliphatic hydroxyl groups is 1. The molecule has 0 aliphatic rings. The van der Waals surface area contributed by atoms with Gasteiger partial charge in [0.2, 0.25) is 0 Å². The number of hydrogen-bond donors (Lipinski definition) is 2. The van der Waals surface area contributed by atoms with Crippen LogP contribution in [0.15, 0.2) is 42.5 Å². The highest BCUT2D eigenvalue weighted by Gasteiger charge is 2.11. The Morgan fingerprint density at radius 3 is 2.30 bits per heavy atom. The monoisotopic (exact) mass is 313 g/mol. The van der Waals surface area contributed by atoms with Crippen LogP contribution in [0.1, 0.15) is 36.5 Å². The summed E-state index contributed by atoms with van der Waals surface area (Å²) in [5.74, 6) is 1.27. The van der Waals surface area contributed by atoms with Crippen LogP contribution in [0.4, 0.5) is 5.69 Å². The molecule has 3 nitrogen and oxygen atoms in total. The molecule has 0 bridgehead atoms. The van der Waals surface area contributed by atoms with Gasteiger partial charge in [0.25, 0.3) is 0 Å². The van der Waals surface area contributed by atoms with Crippen molar-refractivity contribution in [1.29, 1.82) is 0 Å². The lowest BCUT2D eigenvalue weighted by Gasteiger charge is -2.18. The van der Waals surface area contributed by atoms with Gasteiger partial charge in [-0.25, -0.2) is 0 Å². The molecule has 1 atom stereocenters. The topological polar surface area (TPSA) is 41.5 Å². The number of aliphatic hydroxyl groups excluding tert-OH is 1. The highest BCUT2D eigenvalue weighted by Crippen LogP contribution is 2.27. The smallest absolute Gasteiger partial charge is 0.123 e. The molecule has 0 fully saturated rings. The lowest BCUT2D eigenvalue weighted by molar-refractivity contribution is 0.117. The minimum Gasteiger partial charge on any atom is -0.491 e. The van der Waals surface area contributed by atoms with E-state index in [-0.39, 0.29) is 6.61 Å². The predicted molar refractivity (Wildman–Crippen MR) is 96.4 cm³/mol. The van der Waals surface area contributed by atoms with Crippen molar-refractivity contribution in [2.24, 2.45) is 0 Å². The third kappa shape index (κ3) is 5.29. The summed E-state index contributed by atoms with van der Waals surface area (Å²) >= 11 is 0. The van der Waals surface area contributed by atoms with E-state index >= 15 is 0 Å². The molecule has 2 aromatic carbocycles. The Balaban J connectivity index is 1.88. The normalized spacial score (nSPS) is 12.3. The molecule has 2 N–H and O–H groups in total. The van der Waals surface area contributed by atoms with E-state index in [9.17, 15) is 5.11 Å². The molecule has 2 rings (SSSR count). The Morgan fingerprint density at radius 1 is 1.00 bits per heavy atom. The highest BCUT2D eigenvalue weighted by atomic mass is 16.5. The zero-order chi connectivity index (χ0) is 16.8. The standard InChI is InChI=1S/C20H27NO2/c1-14(2)19-10-7-16(4)11-20(19)23-13-18(22)12-21-17-8-5-15(3)6-9-17/h5-11,14,18,21-22H,12-13H2,1-4H3/t18-/m1/s1.